The molecule has 5 rings (SSSR count). The molecule has 1 saturated carbocycles. The van der Waals surface area contributed by atoms with Gasteiger partial charge < -0.3 is 35.2 Å². The monoisotopic (exact) mass is 667 g/mol. The molecule has 3 N–H and O–H groups in total. The molecule has 1 aliphatic carbocycles. The number of benzene rings is 1. The van der Waals surface area contributed by atoms with Gasteiger partial charge in [0, 0.05) is 25.3 Å². The Bertz CT molecular complexity index is 1440. The Morgan fingerprint density at radius 2 is 1.77 bits per heavy atom. The Kier molecular flexibility index (Phi) is 10.5. The summed E-state index contributed by atoms with van der Waals surface area (Å²) in [6.45, 7) is 12.1. The SMILES string of the molecule is CCC[C@H](NC(=O)[C@@H]1C[C@]2(CC(c3cc(C)cc(C)c3)=NO2)CN1C(=O)[C@@H](NC(=O)O[C@H]1CCOC1)C(C)(C)C)C(=O)C(=O)NC1CC1. The van der Waals surface area contributed by atoms with Crippen LogP contribution in [0, 0.1) is 19.3 Å². The van der Waals surface area contributed by atoms with E-state index in [9.17, 15) is 24.0 Å². The van der Waals surface area contributed by atoms with E-state index in [4.69, 9.17) is 14.3 Å². The number of alkyl carbamates (subject to hydrolysis) is 1. The smallest absolute Gasteiger partial charge is 0.408 e. The fourth-order valence-electron chi connectivity index (χ4n) is 6.62. The zero-order valence-corrected chi connectivity index (χ0v) is 28.9. The minimum atomic E-state index is -1.06. The van der Waals surface area contributed by atoms with Crippen LogP contribution in [0.15, 0.2) is 23.4 Å². The summed E-state index contributed by atoms with van der Waals surface area (Å²) < 4.78 is 10.8. The minimum Gasteiger partial charge on any atom is -0.444 e. The molecule has 1 aromatic carbocycles. The number of Topliss-reactive ketones (excluding diaryl/α,β-unsaturated/α-hetero) is 1. The van der Waals surface area contributed by atoms with E-state index in [1.165, 1.54) is 4.90 Å². The van der Waals surface area contributed by atoms with Crippen LogP contribution in [0.5, 0.6) is 0 Å². The number of hydrogen-bond donors (Lipinski definition) is 3. The predicted molar refractivity (Wildman–Crippen MR) is 176 cm³/mol. The Morgan fingerprint density at radius 1 is 1.06 bits per heavy atom. The Labute approximate surface area is 281 Å². The molecule has 262 valence electrons. The lowest BCUT2D eigenvalue weighted by Crippen LogP contribution is -2.59. The van der Waals surface area contributed by atoms with Crippen LogP contribution in [0.2, 0.25) is 0 Å². The van der Waals surface area contributed by atoms with Gasteiger partial charge in [-0.1, -0.05) is 68.6 Å². The molecule has 3 fully saturated rings. The molecule has 4 amide bonds. The van der Waals surface area contributed by atoms with Gasteiger partial charge in [-0.05, 0) is 44.1 Å². The first-order valence-electron chi connectivity index (χ1n) is 17.0. The largest absolute Gasteiger partial charge is 0.444 e. The highest BCUT2D eigenvalue weighted by atomic mass is 16.7. The van der Waals surface area contributed by atoms with Crippen LogP contribution < -0.4 is 16.0 Å². The van der Waals surface area contributed by atoms with Gasteiger partial charge in [-0.3, -0.25) is 19.2 Å². The first kappa shape index (κ1) is 35.3. The molecule has 2 saturated heterocycles. The van der Waals surface area contributed by atoms with Gasteiger partial charge in [-0.2, -0.15) is 0 Å². The van der Waals surface area contributed by atoms with Crippen LogP contribution >= 0.6 is 0 Å². The summed E-state index contributed by atoms with van der Waals surface area (Å²) in [5.74, 6) is -2.51. The molecular weight excluding hydrogens is 618 g/mol. The van der Waals surface area contributed by atoms with Crippen LogP contribution in [0.4, 0.5) is 4.79 Å². The fourth-order valence-corrected chi connectivity index (χ4v) is 6.62. The van der Waals surface area contributed by atoms with E-state index in [1.807, 2.05) is 53.7 Å². The molecule has 0 aromatic heterocycles. The highest BCUT2D eigenvalue weighted by Gasteiger charge is 2.56. The van der Waals surface area contributed by atoms with Gasteiger partial charge in [0.2, 0.25) is 17.6 Å². The van der Waals surface area contributed by atoms with Crippen molar-refractivity contribution in [2.75, 3.05) is 19.8 Å². The number of ketones is 1. The van der Waals surface area contributed by atoms with Crippen LogP contribution in [-0.4, -0.2) is 95.8 Å². The number of aryl methyl sites for hydroxylation is 2. The van der Waals surface area contributed by atoms with E-state index in [2.05, 4.69) is 27.2 Å². The molecule has 0 unspecified atom stereocenters. The first-order valence-corrected chi connectivity index (χ1v) is 17.0. The summed E-state index contributed by atoms with van der Waals surface area (Å²) in [5.41, 5.74) is 1.97. The summed E-state index contributed by atoms with van der Waals surface area (Å²) in [4.78, 5) is 74.9. The average Bonchev–Trinajstić information content (AvgIpc) is 3.37. The molecule has 13 nitrogen and oxygen atoms in total. The second kappa shape index (κ2) is 14.2. The maximum atomic E-state index is 14.5. The molecule has 13 heteroatoms. The van der Waals surface area contributed by atoms with Crippen molar-refractivity contribution in [1.82, 2.24) is 20.9 Å². The van der Waals surface area contributed by atoms with Crippen LogP contribution in [-0.2, 0) is 33.5 Å². The zero-order valence-electron chi connectivity index (χ0n) is 28.9. The average molecular weight is 668 g/mol. The Morgan fingerprint density at radius 3 is 2.38 bits per heavy atom. The minimum absolute atomic E-state index is 0.0113. The number of ether oxygens (including phenoxy) is 2. The maximum absolute atomic E-state index is 14.5. The third kappa shape index (κ3) is 8.34. The number of nitrogens with zero attached hydrogens (tertiary/aromatic N) is 2. The second-order valence-electron chi connectivity index (χ2n) is 14.8. The van der Waals surface area contributed by atoms with Gasteiger partial charge in [0.15, 0.2) is 5.60 Å². The van der Waals surface area contributed by atoms with Crippen LogP contribution in [0.1, 0.15) is 89.3 Å². The van der Waals surface area contributed by atoms with Crippen molar-refractivity contribution >= 4 is 35.3 Å². The topological polar surface area (TPSA) is 165 Å². The van der Waals surface area contributed by atoms with Crippen molar-refractivity contribution in [3.05, 3.63) is 34.9 Å². The van der Waals surface area contributed by atoms with Crippen molar-refractivity contribution < 1.29 is 38.3 Å². The maximum Gasteiger partial charge on any atom is 0.408 e. The molecule has 3 heterocycles. The summed E-state index contributed by atoms with van der Waals surface area (Å²) >= 11 is 0. The van der Waals surface area contributed by atoms with E-state index >= 15 is 0 Å². The Balaban J connectivity index is 1.39. The first-order chi connectivity index (χ1) is 22.7. The van der Waals surface area contributed by atoms with Crippen molar-refractivity contribution in [3.63, 3.8) is 0 Å². The van der Waals surface area contributed by atoms with Crippen LogP contribution in [0.25, 0.3) is 0 Å². The highest BCUT2D eigenvalue weighted by Crippen LogP contribution is 2.40. The van der Waals surface area contributed by atoms with E-state index in [1.54, 1.807) is 0 Å². The number of amides is 4. The van der Waals surface area contributed by atoms with Crippen molar-refractivity contribution in [2.45, 2.75) is 122 Å². The standard InChI is InChI=1S/C35H49N5O8/c1-7-8-25(28(41)31(43)36-23-9-10-23)37-30(42)27-17-35(16-26(39-48-35)22-14-20(2)13-21(3)15-22)19-40(27)32(44)29(34(4,5)6)38-33(45)47-24-11-12-46-18-24/h13-15,23-25,27,29H,7-12,16-19H2,1-6H3,(H,36,43)(H,37,42)(H,38,45)/t24-,25-,27-,29+,35+/m0/s1. The fraction of sp³-hybridized carbons (Fsp3) is 0.657. The number of oxime groups is 1. The lowest BCUT2D eigenvalue weighted by molar-refractivity contribution is -0.144. The van der Waals surface area contributed by atoms with E-state index in [-0.39, 0.29) is 32.0 Å². The highest BCUT2D eigenvalue weighted by molar-refractivity contribution is 6.38. The van der Waals surface area contributed by atoms with E-state index in [0.717, 1.165) is 29.5 Å². The van der Waals surface area contributed by atoms with Crippen molar-refractivity contribution in [2.24, 2.45) is 10.6 Å². The number of carbonyl (C=O) groups excluding carboxylic acids is 5. The molecule has 4 aliphatic rings. The molecular formula is C35H49N5O8. The lowest BCUT2D eigenvalue weighted by atomic mass is 9.85. The number of rotatable bonds is 11. The third-order valence-electron chi connectivity index (χ3n) is 9.26. The van der Waals surface area contributed by atoms with Crippen LogP contribution in [0.3, 0.4) is 0 Å². The molecule has 5 atom stereocenters. The van der Waals surface area contributed by atoms with Gasteiger partial charge in [0.25, 0.3) is 5.91 Å². The molecule has 1 spiro atoms. The number of carbonyl (C=O) groups is 5. The Hall–Kier alpha value is -4.00. The molecule has 0 radical (unpaired) electrons. The molecule has 0 bridgehead atoms. The zero-order chi connectivity index (χ0) is 34.8. The van der Waals surface area contributed by atoms with Gasteiger partial charge in [-0.15, -0.1) is 0 Å². The van der Waals surface area contributed by atoms with Crippen molar-refractivity contribution in [1.29, 1.82) is 0 Å². The third-order valence-corrected chi connectivity index (χ3v) is 9.26. The van der Waals surface area contributed by atoms with Gasteiger partial charge >= 0.3 is 6.09 Å². The number of hydrogen-bond acceptors (Lipinski definition) is 9. The van der Waals surface area contributed by atoms with E-state index < -0.39 is 64.8 Å². The molecule has 1 aromatic rings. The second-order valence-corrected chi connectivity index (χ2v) is 14.8. The molecule has 48 heavy (non-hydrogen) atoms. The summed E-state index contributed by atoms with van der Waals surface area (Å²) in [7, 11) is 0. The van der Waals surface area contributed by atoms with E-state index in [0.29, 0.717) is 31.6 Å². The summed E-state index contributed by atoms with van der Waals surface area (Å²) in [5, 5.41) is 12.7. The quantitative estimate of drug-likeness (QED) is 0.303. The van der Waals surface area contributed by atoms with Gasteiger partial charge in [0.1, 0.15) is 18.2 Å². The molecule has 3 aliphatic heterocycles. The number of nitrogens with one attached hydrogen (secondary N) is 3. The van der Waals surface area contributed by atoms with Gasteiger partial charge in [-0.25, -0.2) is 4.79 Å². The number of likely N-dealkylation sites (tertiary alicyclic amines) is 1. The van der Waals surface area contributed by atoms with Crippen molar-refractivity contribution in [3.8, 4) is 0 Å². The normalized spacial score (nSPS) is 24.8. The predicted octanol–water partition coefficient (Wildman–Crippen LogP) is 2.83. The van der Waals surface area contributed by atoms with Gasteiger partial charge in [0.05, 0.1) is 31.5 Å². The lowest BCUT2D eigenvalue weighted by Gasteiger charge is -2.35. The summed E-state index contributed by atoms with van der Waals surface area (Å²) in [6.07, 6.45) is 2.30. The summed E-state index contributed by atoms with van der Waals surface area (Å²) in [6, 6.07) is 2.92.